The van der Waals surface area contributed by atoms with Crippen molar-refractivity contribution < 1.29 is 9.59 Å². The van der Waals surface area contributed by atoms with Gasteiger partial charge in [0.2, 0.25) is 11.8 Å². The van der Waals surface area contributed by atoms with Crippen LogP contribution in [0.15, 0.2) is 30.3 Å². The van der Waals surface area contributed by atoms with Gasteiger partial charge in [0.15, 0.2) is 0 Å². The Morgan fingerprint density at radius 3 is 2.43 bits per heavy atom. The van der Waals surface area contributed by atoms with Gasteiger partial charge in [0.25, 0.3) is 0 Å². The lowest BCUT2D eigenvalue weighted by atomic mass is 9.82. The summed E-state index contributed by atoms with van der Waals surface area (Å²) in [5, 5.41) is 3.10. The number of nitrogens with two attached hydrogens (primary N) is 2. The van der Waals surface area contributed by atoms with E-state index in [-0.39, 0.29) is 17.9 Å². The van der Waals surface area contributed by atoms with Crippen LogP contribution in [-0.2, 0) is 16.0 Å². The monoisotopic (exact) mass is 386 g/mol. The van der Waals surface area contributed by atoms with Crippen molar-refractivity contribution in [3.05, 3.63) is 35.9 Å². The third kappa shape index (κ3) is 5.32. The van der Waals surface area contributed by atoms with Crippen molar-refractivity contribution in [2.24, 2.45) is 23.3 Å². The first-order valence-electron chi connectivity index (χ1n) is 10.7. The summed E-state index contributed by atoms with van der Waals surface area (Å²) < 4.78 is 0. The molecule has 2 atom stereocenters. The van der Waals surface area contributed by atoms with E-state index >= 15 is 0 Å². The zero-order chi connectivity index (χ0) is 19.9. The molecule has 2 aliphatic rings. The van der Waals surface area contributed by atoms with Gasteiger partial charge in [-0.25, -0.2) is 0 Å². The van der Waals surface area contributed by atoms with Gasteiger partial charge in [-0.3, -0.25) is 9.59 Å². The third-order valence-electron chi connectivity index (χ3n) is 6.32. The normalized spacial score (nSPS) is 26.1. The molecule has 1 aromatic rings. The van der Waals surface area contributed by atoms with Crippen molar-refractivity contribution in [2.75, 3.05) is 19.6 Å². The molecule has 154 valence electrons. The summed E-state index contributed by atoms with van der Waals surface area (Å²) in [6.07, 6.45) is 6.61. The quantitative estimate of drug-likeness (QED) is 0.660. The Hall–Kier alpha value is -1.92. The Morgan fingerprint density at radius 1 is 1.07 bits per heavy atom. The predicted octanol–water partition coefficient (Wildman–Crippen LogP) is 1.43. The van der Waals surface area contributed by atoms with E-state index in [9.17, 15) is 9.59 Å². The van der Waals surface area contributed by atoms with Crippen molar-refractivity contribution in [1.29, 1.82) is 0 Å². The van der Waals surface area contributed by atoms with Crippen LogP contribution in [0.4, 0.5) is 0 Å². The SMILES string of the molecule is NCC1CCC(CNC(=O)[C@@H]2CCCN2C(=O)[C@H](N)Cc2ccccc2)CC1. The molecule has 0 spiro atoms. The number of nitrogens with one attached hydrogen (secondary N) is 1. The summed E-state index contributed by atoms with van der Waals surface area (Å²) in [4.78, 5) is 27.3. The molecule has 0 unspecified atom stereocenters. The molecule has 5 N–H and O–H groups in total. The number of hydrogen-bond acceptors (Lipinski definition) is 4. The molecule has 28 heavy (non-hydrogen) atoms. The zero-order valence-corrected chi connectivity index (χ0v) is 16.7. The highest BCUT2D eigenvalue weighted by Gasteiger charge is 2.36. The number of amides is 2. The number of rotatable bonds is 7. The van der Waals surface area contributed by atoms with E-state index < -0.39 is 6.04 Å². The van der Waals surface area contributed by atoms with Crippen LogP contribution in [0, 0.1) is 11.8 Å². The molecule has 0 radical (unpaired) electrons. The molecule has 1 saturated carbocycles. The minimum absolute atomic E-state index is 0.0290. The highest BCUT2D eigenvalue weighted by molar-refractivity contribution is 5.90. The molecule has 1 aromatic carbocycles. The maximum atomic E-state index is 12.8. The molecule has 6 nitrogen and oxygen atoms in total. The van der Waals surface area contributed by atoms with Crippen molar-refractivity contribution in [1.82, 2.24) is 10.2 Å². The Bertz CT molecular complexity index is 643. The summed E-state index contributed by atoms with van der Waals surface area (Å²) in [5.74, 6) is 1.02. The topological polar surface area (TPSA) is 101 Å². The number of benzene rings is 1. The smallest absolute Gasteiger partial charge is 0.242 e. The van der Waals surface area contributed by atoms with E-state index in [1.165, 1.54) is 0 Å². The largest absolute Gasteiger partial charge is 0.354 e. The van der Waals surface area contributed by atoms with E-state index in [1.807, 2.05) is 30.3 Å². The Kier molecular flexibility index (Phi) is 7.45. The van der Waals surface area contributed by atoms with Crippen LogP contribution in [0.25, 0.3) is 0 Å². The van der Waals surface area contributed by atoms with Gasteiger partial charge in [-0.05, 0) is 68.9 Å². The van der Waals surface area contributed by atoms with Gasteiger partial charge >= 0.3 is 0 Å². The molecular formula is C22H34N4O2. The fraction of sp³-hybridized carbons (Fsp3) is 0.636. The first kappa shape index (κ1) is 20.8. The molecule has 2 amide bonds. The lowest BCUT2D eigenvalue weighted by Gasteiger charge is -2.30. The van der Waals surface area contributed by atoms with E-state index in [4.69, 9.17) is 11.5 Å². The number of carbonyl (C=O) groups excluding carboxylic acids is 2. The Balaban J connectivity index is 1.49. The minimum atomic E-state index is -0.609. The summed E-state index contributed by atoms with van der Waals surface area (Å²) >= 11 is 0. The number of likely N-dealkylation sites (tertiary alicyclic amines) is 1. The number of hydrogen-bond donors (Lipinski definition) is 3. The van der Waals surface area contributed by atoms with Crippen molar-refractivity contribution in [3.63, 3.8) is 0 Å². The van der Waals surface area contributed by atoms with Crippen LogP contribution in [0.3, 0.4) is 0 Å². The highest BCUT2D eigenvalue weighted by Crippen LogP contribution is 2.27. The van der Waals surface area contributed by atoms with Crippen molar-refractivity contribution >= 4 is 11.8 Å². The van der Waals surface area contributed by atoms with Gasteiger partial charge < -0.3 is 21.7 Å². The van der Waals surface area contributed by atoms with E-state index in [1.54, 1.807) is 4.90 Å². The van der Waals surface area contributed by atoms with Crippen LogP contribution in [0.2, 0.25) is 0 Å². The molecule has 0 bridgehead atoms. The van der Waals surface area contributed by atoms with E-state index in [0.29, 0.717) is 31.3 Å². The summed E-state index contributed by atoms with van der Waals surface area (Å²) in [6.45, 7) is 2.08. The Morgan fingerprint density at radius 2 is 1.75 bits per heavy atom. The lowest BCUT2D eigenvalue weighted by molar-refractivity contribution is -0.139. The second kappa shape index (κ2) is 10.0. The van der Waals surface area contributed by atoms with Gasteiger partial charge in [0.1, 0.15) is 6.04 Å². The molecule has 1 saturated heterocycles. The Labute approximate surface area is 168 Å². The summed E-state index contributed by atoms with van der Waals surface area (Å²) in [5.41, 5.74) is 13.0. The van der Waals surface area contributed by atoms with Gasteiger partial charge in [-0.2, -0.15) is 0 Å². The van der Waals surface area contributed by atoms with Gasteiger partial charge in [-0.15, -0.1) is 0 Å². The van der Waals surface area contributed by atoms with Gasteiger partial charge in [0.05, 0.1) is 6.04 Å². The number of nitrogens with zero attached hydrogens (tertiary/aromatic N) is 1. The maximum absolute atomic E-state index is 12.8. The van der Waals surface area contributed by atoms with Crippen LogP contribution in [0.1, 0.15) is 44.1 Å². The predicted molar refractivity (Wildman–Crippen MR) is 110 cm³/mol. The number of carbonyl (C=O) groups is 2. The lowest BCUT2D eigenvalue weighted by Crippen LogP contribution is -2.52. The first-order chi connectivity index (χ1) is 13.6. The fourth-order valence-corrected chi connectivity index (χ4v) is 4.51. The molecule has 1 aliphatic carbocycles. The van der Waals surface area contributed by atoms with E-state index in [2.05, 4.69) is 5.32 Å². The minimum Gasteiger partial charge on any atom is -0.354 e. The molecular weight excluding hydrogens is 352 g/mol. The molecule has 2 fully saturated rings. The van der Waals surface area contributed by atoms with Crippen molar-refractivity contribution in [2.45, 2.75) is 57.0 Å². The van der Waals surface area contributed by atoms with Crippen LogP contribution in [0.5, 0.6) is 0 Å². The molecule has 1 aliphatic heterocycles. The molecule has 0 aromatic heterocycles. The first-order valence-corrected chi connectivity index (χ1v) is 10.7. The van der Waals surface area contributed by atoms with Crippen LogP contribution >= 0.6 is 0 Å². The van der Waals surface area contributed by atoms with E-state index in [0.717, 1.165) is 50.6 Å². The second-order valence-electron chi connectivity index (χ2n) is 8.35. The molecule has 1 heterocycles. The molecule has 3 rings (SSSR count). The average molecular weight is 387 g/mol. The highest BCUT2D eigenvalue weighted by atomic mass is 16.2. The van der Waals surface area contributed by atoms with Gasteiger partial charge in [-0.1, -0.05) is 30.3 Å². The standard InChI is InChI=1S/C22H34N4O2/c23-14-17-8-10-18(11-9-17)15-25-21(27)20-7-4-12-26(20)22(28)19(24)13-16-5-2-1-3-6-16/h1-3,5-6,17-20H,4,7-15,23-24H2,(H,25,27)/t17?,18?,19-,20+/m1/s1. The summed E-state index contributed by atoms with van der Waals surface area (Å²) in [7, 11) is 0. The van der Waals surface area contributed by atoms with Crippen LogP contribution < -0.4 is 16.8 Å². The summed E-state index contributed by atoms with van der Waals surface area (Å²) in [6, 6.07) is 8.79. The second-order valence-corrected chi connectivity index (χ2v) is 8.35. The third-order valence-corrected chi connectivity index (χ3v) is 6.32. The maximum Gasteiger partial charge on any atom is 0.242 e. The van der Waals surface area contributed by atoms with Crippen molar-refractivity contribution in [3.8, 4) is 0 Å². The molecule has 6 heteroatoms. The zero-order valence-electron chi connectivity index (χ0n) is 16.7. The van der Waals surface area contributed by atoms with Gasteiger partial charge in [0, 0.05) is 13.1 Å². The average Bonchev–Trinajstić information content (AvgIpc) is 3.22. The van der Waals surface area contributed by atoms with Crippen LogP contribution in [-0.4, -0.2) is 48.4 Å². The fourth-order valence-electron chi connectivity index (χ4n) is 4.51.